The van der Waals surface area contributed by atoms with Crippen LogP contribution in [0.1, 0.15) is 66.7 Å². The van der Waals surface area contributed by atoms with Crippen molar-refractivity contribution in [2.24, 2.45) is 0 Å². The van der Waals surface area contributed by atoms with Crippen molar-refractivity contribution in [2.45, 2.75) is 45.2 Å². The van der Waals surface area contributed by atoms with E-state index in [1.807, 2.05) is 6.07 Å². The summed E-state index contributed by atoms with van der Waals surface area (Å²) in [5.74, 6) is 1.52. The number of methoxy groups -OCH3 is 1. The molecule has 1 aliphatic carbocycles. The van der Waals surface area contributed by atoms with Gasteiger partial charge in [-0.15, -0.1) is 0 Å². The van der Waals surface area contributed by atoms with Crippen LogP contribution in [0.3, 0.4) is 0 Å². The monoisotopic (exact) mass is 377 g/mol. The molecule has 2 aromatic rings. The second kappa shape index (κ2) is 7.88. The standard InChI is InChI=1S/C24H31N3O/c1-5-17-9-10-19(14-25-16(2)18-7-6-8-20(13-18)28-4)24-23(17)21-11-12-27(3)15-22(21)26-24/h6-8,10-13,16-17,25-26H,5,9,14-15H2,1-4H3/t16?,17-/m1/s1. The van der Waals surface area contributed by atoms with Gasteiger partial charge in [0.25, 0.3) is 0 Å². The topological polar surface area (TPSA) is 40.3 Å². The van der Waals surface area contributed by atoms with Crippen molar-refractivity contribution in [3.63, 3.8) is 0 Å². The number of allylic oxidation sites excluding steroid dienone is 1. The Balaban J connectivity index is 1.55. The van der Waals surface area contributed by atoms with Crippen LogP contribution < -0.4 is 10.1 Å². The van der Waals surface area contributed by atoms with Gasteiger partial charge in [0, 0.05) is 36.6 Å². The fourth-order valence-electron chi connectivity index (χ4n) is 4.41. The number of rotatable bonds is 6. The summed E-state index contributed by atoms with van der Waals surface area (Å²) in [6, 6.07) is 8.57. The first-order valence-electron chi connectivity index (χ1n) is 10.3. The third-order valence-electron chi connectivity index (χ3n) is 6.13. The number of ether oxygens (including phenoxy) is 1. The zero-order valence-electron chi connectivity index (χ0n) is 17.4. The number of hydrogen-bond acceptors (Lipinski definition) is 3. The molecular weight excluding hydrogens is 346 g/mol. The minimum absolute atomic E-state index is 0.263. The zero-order valence-corrected chi connectivity index (χ0v) is 17.4. The Labute approximate surface area is 168 Å². The van der Waals surface area contributed by atoms with Gasteiger partial charge in [-0.2, -0.15) is 0 Å². The molecule has 28 heavy (non-hydrogen) atoms. The van der Waals surface area contributed by atoms with Crippen LogP contribution in [0, 0.1) is 0 Å². The molecule has 4 nitrogen and oxygen atoms in total. The van der Waals surface area contributed by atoms with Crippen molar-refractivity contribution in [3.8, 4) is 5.75 Å². The summed E-state index contributed by atoms with van der Waals surface area (Å²) < 4.78 is 5.37. The van der Waals surface area contributed by atoms with E-state index in [9.17, 15) is 0 Å². The normalized spacial score (nSPS) is 19.1. The molecule has 0 saturated carbocycles. The van der Waals surface area contributed by atoms with Gasteiger partial charge in [0.05, 0.1) is 13.7 Å². The van der Waals surface area contributed by atoms with E-state index < -0.39 is 0 Å². The van der Waals surface area contributed by atoms with Crippen molar-refractivity contribution in [1.29, 1.82) is 0 Å². The molecule has 4 heteroatoms. The number of nitrogens with zero attached hydrogens (tertiary/aromatic N) is 1. The molecule has 2 heterocycles. The maximum Gasteiger partial charge on any atom is 0.119 e. The number of aromatic nitrogens is 1. The first kappa shape index (κ1) is 18.9. The van der Waals surface area contributed by atoms with Crippen LogP contribution in [-0.2, 0) is 6.54 Å². The van der Waals surface area contributed by atoms with E-state index in [1.54, 1.807) is 7.11 Å². The number of hydrogen-bond donors (Lipinski definition) is 2. The van der Waals surface area contributed by atoms with Crippen molar-refractivity contribution in [1.82, 2.24) is 15.2 Å². The summed E-state index contributed by atoms with van der Waals surface area (Å²) in [4.78, 5) is 5.99. The summed E-state index contributed by atoms with van der Waals surface area (Å²) in [5.41, 5.74) is 8.27. The Bertz CT molecular complexity index is 909. The maximum atomic E-state index is 5.37. The van der Waals surface area contributed by atoms with Crippen molar-refractivity contribution < 1.29 is 4.74 Å². The molecule has 0 saturated heterocycles. The molecule has 0 amide bonds. The van der Waals surface area contributed by atoms with Crippen LogP contribution in [0.5, 0.6) is 5.75 Å². The lowest BCUT2D eigenvalue weighted by atomic mass is 9.82. The minimum atomic E-state index is 0.263. The van der Waals surface area contributed by atoms with Gasteiger partial charge in [0.2, 0.25) is 0 Å². The number of aromatic amines is 1. The minimum Gasteiger partial charge on any atom is -0.497 e. The Kier molecular flexibility index (Phi) is 5.31. The third kappa shape index (κ3) is 3.49. The molecule has 0 fully saturated rings. The predicted octanol–water partition coefficient (Wildman–Crippen LogP) is 5.07. The smallest absolute Gasteiger partial charge is 0.119 e. The Morgan fingerprint density at radius 2 is 2.21 bits per heavy atom. The van der Waals surface area contributed by atoms with E-state index in [2.05, 4.69) is 72.6 Å². The highest BCUT2D eigenvalue weighted by Crippen LogP contribution is 2.41. The van der Waals surface area contributed by atoms with Crippen LogP contribution in [-0.4, -0.2) is 30.6 Å². The van der Waals surface area contributed by atoms with Crippen molar-refractivity contribution in [2.75, 3.05) is 20.7 Å². The molecule has 4 rings (SSSR count). The Hall–Kier alpha value is -2.46. The van der Waals surface area contributed by atoms with Gasteiger partial charge >= 0.3 is 0 Å². The van der Waals surface area contributed by atoms with E-state index in [4.69, 9.17) is 4.74 Å². The van der Waals surface area contributed by atoms with Gasteiger partial charge in [-0.05, 0) is 66.8 Å². The van der Waals surface area contributed by atoms with Crippen LogP contribution >= 0.6 is 0 Å². The van der Waals surface area contributed by atoms with Gasteiger partial charge in [0.1, 0.15) is 5.75 Å². The Morgan fingerprint density at radius 3 is 3.00 bits per heavy atom. The van der Waals surface area contributed by atoms with Gasteiger partial charge in [-0.3, -0.25) is 0 Å². The summed E-state index contributed by atoms with van der Waals surface area (Å²) in [6.07, 6.45) is 9.22. The largest absolute Gasteiger partial charge is 0.497 e. The highest BCUT2D eigenvalue weighted by atomic mass is 16.5. The second-order valence-corrected chi connectivity index (χ2v) is 7.99. The van der Waals surface area contributed by atoms with Crippen LogP contribution in [0.2, 0.25) is 0 Å². The quantitative estimate of drug-likeness (QED) is 0.738. The lowest BCUT2D eigenvalue weighted by Gasteiger charge is -2.25. The molecule has 1 aromatic heterocycles. The third-order valence-corrected chi connectivity index (χ3v) is 6.13. The average Bonchev–Trinajstić information content (AvgIpc) is 3.10. The molecule has 0 spiro atoms. The summed E-state index contributed by atoms with van der Waals surface area (Å²) in [7, 11) is 3.85. The molecular formula is C24H31N3O. The van der Waals surface area contributed by atoms with Crippen LogP contribution in [0.4, 0.5) is 0 Å². The molecule has 1 unspecified atom stereocenters. The lowest BCUT2D eigenvalue weighted by Crippen LogP contribution is -2.22. The molecule has 148 valence electrons. The van der Waals surface area contributed by atoms with E-state index in [0.29, 0.717) is 5.92 Å². The van der Waals surface area contributed by atoms with E-state index >= 15 is 0 Å². The number of nitrogens with one attached hydrogen (secondary N) is 2. The number of benzene rings is 1. The second-order valence-electron chi connectivity index (χ2n) is 7.99. The molecule has 2 N–H and O–H groups in total. The van der Waals surface area contributed by atoms with Gasteiger partial charge in [-0.25, -0.2) is 0 Å². The highest BCUT2D eigenvalue weighted by molar-refractivity contribution is 5.76. The van der Waals surface area contributed by atoms with Crippen LogP contribution in [0.15, 0.2) is 36.5 Å². The first-order valence-corrected chi connectivity index (χ1v) is 10.3. The van der Waals surface area contributed by atoms with E-state index in [1.165, 1.54) is 40.1 Å². The van der Waals surface area contributed by atoms with Crippen molar-refractivity contribution in [3.05, 3.63) is 64.6 Å². The van der Waals surface area contributed by atoms with Gasteiger partial charge in [-0.1, -0.05) is 25.1 Å². The first-order chi connectivity index (χ1) is 13.6. The zero-order chi connectivity index (χ0) is 19.7. The highest BCUT2D eigenvalue weighted by Gasteiger charge is 2.28. The van der Waals surface area contributed by atoms with Gasteiger partial charge < -0.3 is 19.9 Å². The molecule has 2 aliphatic rings. The van der Waals surface area contributed by atoms with E-state index in [-0.39, 0.29) is 6.04 Å². The average molecular weight is 378 g/mol. The lowest BCUT2D eigenvalue weighted by molar-refractivity contribution is 0.413. The number of fused-ring (bicyclic) bond motifs is 3. The molecule has 0 radical (unpaired) electrons. The van der Waals surface area contributed by atoms with Crippen LogP contribution in [0.25, 0.3) is 11.6 Å². The predicted molar refractivity (Wildman–Crippen MR) is 116 cm³/mol. The number of H-pyrrole nitrogens is 1. The summed E-state index contributed by atoms with van der Waals surface area (Å²) in [5, 5.41) is 3.71. The Morgan fingerprint density at radius 1 is 1.36 bits per heavy atom. The van der Waals surface area contributed by atoms with Crippen molar-refractivity contribution >= 4 is 11.6 Å². The molecule has 0 bridgehead atoms. The molecule has 1 aliphatic heterocycles. The maximum absolute atomic E-state index is 5.37. The van der Waals surface area contributed by atoms with Gasteiger partial charge in [0.15, 0.2) is 0 Å². The molecule has 2 atom stereocenters. The fourth-order valence-corrected chi connectivity index (χ4v) is 4.41. The summed E-state index contributed by atoms with van der Waals surface area (Å²) >= 11 is 0. The molecule has 1 aromatic carbocycles. The van der Waals surface area contributed by atoms with E-state index in [0.717, 1.165) is 25.3 Å². The summed E-state index contributed by atoms with van der Waals surface area (Å²) in [6.45, 7) is 6.33. The fraction of sp³-hybridized carbons (Fsp3) is 0.417. The SMILES string of the molecule is CC[C@@H]1CC=C(CNC(C)c2cccc(OC)c2)c2[nH]c3c(c21)C=CN(C)C3.